The van der Waals surface area contributed by atoms with Gasteiger partial charge >= 0.3 is 0 Å². The Kier molecular flexibility index (Phi) is 4.85. The summed E-state index contributed by atoms with van der Waals surface area (Å²) in [7, 11) is 0. The quantitative estimate of drug-likeness (QED) is 0.903. The van der Waals surface area contributed by atoms with E-state index in [0.717, 1.165) is 47.8 Å². The summed E-state index contributed by atoms with van der Waals surface area (Å²) in [6, 6.07) is 1.93. The summed E-state index contributed by atoms with van der Waals surface area (Å²) >= 11 is 0. The first-order chi connectivity index (χ1) is 11.9. The van der Waals surface area contributed by atoms with Crippen LogP contribution < -0.4 is 5.73 Å². The van der Waals surface area contributed by atoms with E-state index in [-0.39, 0.29) is 5.91 Å². The van der Waals surface area contributed by atoms with Crippen LogP contribution in [0.25, 0.3) is 5.95 Å². The summed E-state index contributed by atoms with van der Waals surface area (Å²) in [5.74, 6) is 1.13. The van der Waals surface area contributed by atoms with Crippen LogP contribution in [0.3, 0.4) is 0 Å². The second-order valence-corrected chi connectivity index (χ2v) is 6.92. The molecule has 1 amide bonds. The minimum absolute atomic E-state index is 0.142. The lowest BCUT2D eigenvalue weighted by molar-refractivity contribution is -0.129. The molecule has 25 heavy (non-hydrogen) atoms. The van der Waals surface area contributed by atoms with Crippen molar-refractivity contribution in [2.75, 3.05) is 19.6 Å². The lowest BCUT2D eigenvalue weighted by Crippen LogP contribution is -2.31. The molecule has 1 fully saturated rings. The second kappa shape index (κ2) is 6.92. The third-order valence-electron chi connectivity index (χ3n) is 4.90. The maximum atomic E-state index is 12.7. The van der Waals surface area contributed by atoms with E-state index >= 15 is 0 Å². The summed E-state index contributed by atoms with van der Waals surface area (Å²) in [6.45, 7) is 9.99. The Morgan fingerprint density at radius 1 is 1.24 bits per heavy atom. The average molecular weight is 342 g/mol. The fraction of sp³-hybridized carbons (Fsp3) is 0.556. The molecule has 3 rings (SSSR count). The first-order valence-electron chi connectivity index (χ1n) is 8.74. The normalized spacial score (nSPS) is 17.3. The molecule has 3 heterocycles. The molecule has 7 heteroatoms. The van der Waals surface area contributed by atoms with Crippen molar-refractivity contribution in [2.24, 2.45) is 11.7 Å². The number of nitrogens with zero attached hydrogens (tertiary/aromatic N) is 5. The molecule has 7 nitrogen and oxygen atoms in total. The number of carbonyl (C=O) groups is 1. The van der Waals surface area contributed by atoms with Crippen LogP contribution in [0, 0.1) is 33.6 Å². The van der Waals surface area contributed by atoms with Crippen molar-refractivity contribution in [3.63, 3.8) is 0 Å². The molecule has 2 N–H and O–H groups in total. The van der Waals surface area contributed by atoms with Gasteiger partial charge in [0.15, 0.2) is 0 Å². The summed E-state index contributed by atoms with van der Waals surface area (Å²) in [5, 5.41) is 4.57. The predicted molar refractivity (Wildman–Crippen MR) is 95.5 cm³/mol. The van der Waals surface area contributed by atoms with Crippen LogP contribution in [0.4, 0.5) is 0 Å². The number of rotatable bonds is 4. The van der Waals surface area contributed by atoms with Crippen molar-refractivity contribution >= 4 is 5.91 Å². The minimum atomic E-state index is 0.142. The number of aryl methyl sites for hydroxylation is 3. The lowest BCUT2D eigenvalue weighted by Gasteiger charge is -2.16. The van der Waals surface area contributed by atoms with Gasteiger partial charge in [0.05, 0.1) is 12.1 Å². The molecule has 0 aromatic carbocycles. The van der Waals surface area contributed by atoms with Gasteiger partial charge < -0.3 is 10.6 Å². The SMILES string of the molecule is Cc1cc(C)nc(-n2nc(C)c(CC(=O)N3CCC(CN)C3)c2C)n1. The molecule has 1 aliphatic rings. The van der Waals surface area contributed by atoms with Crippen LogP contribution in [0.5, 0.6) is 0 Å². The Labute approximate surface area is 148 Å². The molecular formula is C18H26N6O. The highest BCUT2D eigenvalue weighted by molar-refractivity contribution is 5.79. The Balaban J connectivity index is 1.84. The number of nitrogens with two attached hydrogens (primary N) is 1. The van der Waals surface area contributed by atoms with E-state index < -0.39 is 0 Å². The Hall–Kier alpha value is -2.28. The molecule has 0 spiro atoms. The van der Waals surface area contributed by atoms with Crippen LogP contribution in [0.2, 0.25) is 0 Å². The van der Waals surface area contributed by atoms with Crippen LogP contribution in [-0.4, -0.2) is 50.2 Å². The molecular weight excluding hydrogens is 316 g/mol. The third kappa shape index (κ3) is 3.56. The zero-order valence-electron chi connectivity index (χ0n) is 15.4. The number of hydrogen-bond acceptors (Lipinski definition) is 5. The van der Waals surface area contributed by atoms with Crippen molar-refractivity contribution in [2.45, 2.75) is 40.5 Å². The topological polar surface area (TPSA) is 89.9 Å². The van der Waals surface area contributed by atoms with Gasteiger partial charge in [-0.3, -0.25) is 4.79 Å². The zero-order valence-corrected chi connectivity index (χ0v) is 15.4. The molecule has 2 aromatic heterocycles. The summed E-state index contributed by atoms with van der Waals surface area (Å²) in [4.78, 5) is 23.5. The molecule has 2 aromatic rings. The zero-order chi connectivity index (χ0) is 18.1. The standard InChI is InChI=1S/C18H26N6O/c1-11-7-12(2)21-18(20-11)24-14(4)16(13(3)22-24)8-17(25)23-6-5-15(9-19)10-23/h7,15H,5-6,8-10,19H2,1-4H3. The van der Waals surface area contributed by atoms with Gasteiger partial charge in [-0.2, -0.15) is 5.10 Å². The van der Waals surface area contributed by atoms with E-state index in [2.05, 4.69) is 15.1 Å². The Morgan fingerprint density at radius 2 is 1.92 bits per heavy atom. The number of carbonyl (C=O) groups excluding carboxylic acids is 1. The van der Waals surface area contributed by atoms with E-state index in [1.54, 1.807) is 4.68 Å². The third-order valence-corrected chi connectivity index (χ3v) is 4.90. The van der Waals surface area contributed by atoms with Crippen molar-refractivity contribution in [3.05, 3.63) is 34.4 Å². The Morgan fingerprint density at radius 3 is 2.52 bits per heavy atom. The van der Waals surface area contributed by atoms with Gasteiger partial charge in [-0.1, -0.05) is 0 Å². The lowest BCUT2D eigenvalue weighted by atomic mass is 10.1. The van der Waals surface area contributed by atoms with E-state index in [1.165, 1.54) is 0 Å². The molecule has 134 valence electrons. The van der Waals surface area contributed by atoms with Crippen LogP contribution >= 0.6 is 0 Å². The maximum absolute atomic E-state index is 12.7. The van der Waals surface area contributed by atoms with E-state index in [9.17, 15) is 4.79 Å². The van der Waals surface area contributed by atoms with E-state index in [4.69, 9.17) is 5.73 Å². The molecule has 1 atom stereocenters. The largest absolute Gasteiger partial charge is 0.342 e. The van der Waals surface area contributed by atoms with Gasteiger partial charge in [0.2, 0.25) is 5.91 Å². The van der Waals surface area contributed by atoms with Crippen LogP contribution in [0.15, 0.2) is 6.07 Å². The maximum Gasteiger partial charge on any atom is 0.251 e. The smallest absolute Gasteiger partial charge is 0.251 e. The fourth-order valence-electron chi connectivity index (χ4n) is 3.44. The van der Waals surface area contributed by atoms with Crippen molar-refractivity contribution in [1.29, 1.82) is 0 Å². The first kappa shape index (κ1) is 17.5. The van der Waals surface area contributed by atoms with Gasteiger partial charge in [0, 0.05) is 35.7 Å². The van der Waals surface area contributed by atoms with Gasteiger partial charge in [0.1, 0.15) is 0 Å². The van der Waals surface area contributed by atoms with Crippen molar-refractivity contribution in [3.8, 4) is 5.95 Å². The molecule has 0 bridgehead atoms. The molecule has 1 aliphatic heterocycles. The number of hydrogen-bond donors (Lipinski definition) is 1. The van der Waals surface area contributed by atoms with Crippen LogP contribution in [-0.2, 0) is 11.2 Å². The fourth-order valence-corrected chi connectivity index (χ4v) is 3.44. The molecule has 0 aliphatic carbocycles. The number of likely N-dealkylation sites (tertiary alicyclic amines) is 1. The van der Waals surface area contributed by atoms with Crippen molar-refractivity contribution < 1.29 is 4.79 Å². The Bertz CT molecular complexity index is 777. The van der Waals surface area contributed by atoms with Gasteiger partial charge in [-0.05, 0) is 52.6 Å². The monoisotopic (exact) mass is 342 g/mol. The molecule has 0 saturated carbocycles. The predicted octanol–water partition coefficient (Wildman–Crippen LogP) is 1.25. The van der Waals surface area contributed by atoms with Gasteiger partial charge in [-0.15, -0.1) is 0 Å². The first-order valence-corrected chi connectivity index (χ1v) is 8.74. The highest BCUT2D eigenvalue weighted by atomic mass is 16.2. The van der Waals surface area contributed by atoms with Crippen molar-refractivity contribution in [1.82, 2.24) is 24.6 Å². The molecule has 1 unspecified atom stereocenters. The highest BCUT2D eigenvalue weighted by Gasteiger charge is 2.27. The highest BCUT2D eigenvalue weighted by Crippen LogP contribution is 2.20. The van der Waals surface area contributed by atoms with Gasteiger partial charge in [-0.25, -0.2) is 14.6 Å². The molecule has 0 radical (unpaired) electrons. The van der Waals surface area contributed by atoms with E-state index in [0.29, 0.717) is 24.8 Å². The summed E-state index contributed by atoms with van der Waals surface area (Å²) in [6.07, 6.45) is 1.36. The van der Waals surface area contributed by atoms with Crippen LogP contribution in [0.1, 0.15) is 34.8 Å². The number of amides is 1. The second-order valence-electron chi connectivity index (χ2n) is 6.92. The number of aromatic nitrogens is 4. The summed E-state index contributed by atoms with van der Waals surface area (Å²) in [5.41, 5.74) is 10.3. The minimum Gasteiger partial charge on any atom is -0.342 e. The van der Waals surface area contributed by atoms with Gasteiger partial charge in [0.25, 0.3) is 5.95 Å². The molecule has 1 saturated heterocycles. The summed E-state index contributed by atoms with van der Waals surface area (Å²) < 4.78 is 1.74. The average Bonchev–Trinajstić information content (AvgIpc) is 3.14. The van der Waals surface area contributed by atoms with E-state index in [1.807, 2.05) is 38.7 Å².